The number of rotatable bonds is 0. The zero-order valence-electron chi connectivity index (χ0n) is 42.4. The minimum Gasteiger partial charge on any atom is -0.473 e. The lowest BCUT2D eigenvalue weighted by atomic mass is 10.5. The average Bonchev–Trinajstić information content (AvgIpc) is 4.36. The van der Waals surface area contributed by atoms with Gasteiger partial charge in [0.25, 0.3) is 0 Å². The van der Waals surface area contributed by atoms with Crippen LogP contribution in [0.5, 0.6) is 0 Å². The van der Waals surface area contributed by atoms with Gasteiger partial charge >= 0.3 is 0 Å². The van der Waals surface area contributed by atoms with Gasteiger partial charge in [0.1, 0.15) is 25.1 Å². The second-order valence-corrected chi connectivity index (χ2v) is 15.5. The maximum Gasteiger partial charge on any atom is 0.180 e. The third kappa shape index (κ3) is 60.8. The molecule has 0 radical (unpaired) electrons. The van der Waals surface area contributed by atoms with Crippen LogP contribution in [-0.2, 0) is 0 Å². The molecule has 22 heteroatoms. The molecule has 0 unspecified atom stereocenters. The Hall–Kier alpha value is -9.48. The number of pyridine rings is 1. The van der Waals surface area contributed by atoms with Crippen molar-refractivity contribution in [3.8, 4) is 0 Å². The van der Waals surface area contributed by atoms with E-state index in [1.54, 1.807) is 157 Å². The minimum atomic E-state index is 0.778. The fourth-order valence-electron chi connectivity index (χ4n) is 3.62. The van der Waals surface area contributed by atoms with Crippen molar-refractivity contribution in [1.29, 1.82) is 0 Å². The topological polar surface area (TPSA) is 231 Å². The summed E-state index contributed by atoms with van der Waals surface area (Å²) in [4.78, 5) is 26.1. The zero-order valence-corrected chi connectivity index (χ0v) is 45.6. The third-order valence-electron chi connectivity index (χ3n) is 6.71. The van der Waals surface area contributed by atoms with E-state index in [1.165, 1.54) is 43.0 Å². The van der Waals surface area contributed by atoms with E-state index in [0.29, 0.717) is 0 Å². The lowest BCUT2D eigenvalue weighted by Crippen LogP contribution is -1.69. The van der Waals surface area contributed by atoms with Gasteiger partial charge in [-0.3, -0.25) is 20.0 Å². The van der Waals surface area contributed by atoms with Crippen LogP contribution in [0.2, 0.25) is 0 Å². The van der Waals surface area contributed by atoms with Crippen LogP contribution in [0.4, 0.5) is 0 Å². The molecule has 0 N–H and O–H groups in total. The van der Waals surface area contributed by atoms with E-state index in [4.69, 9.17) is 0 Å². The fourth-order valence-corrected chi connectivity index (χ4v) is 5.23. The molecule has 0 amide bonds. The molecule has 78 heavy (non-hydrogen) atoms. The van der Waals surface area contributed by atoms with Gasteiger partial charge in [-0.2, -0.15) is 43.1 Å². The minimum absolute atomic E-state index is 0.778. The first kappa shape index (κ1) is 66.5. The van der Waals surface area contributed by atoms with Crippen LogP contribution < -0.4 is 0 Å². The average molecular weight is 1120 g/mol. The Morgan fingerprint density at radius 2 is 1.08 bits per heavy atom. The number of aromatic nitrogens is 10. The number of hydrogen-bond acceptors (Lipinski definition) is 22. The van der Waals surface area contributed by atoms with Crippen molar-refractivity contribution in [2.45, 2.75) is 12.8 Å². The molecular weight excluding hydrogens is 1060 g/mol. The number of thiophene rings is 2. The van der Waals surface area contributed by atoms with E-state index in [-0.39, 0.29) is 0 Å². The SMILES string of the molecule is C1=CCC=C1.C1=CCN=C1.C1=CN=CC1.C1=CN=NC1.c1ccncc1.c1ccnnc1.c1ccoc1.c1ccsc1.c1ccsc1.c1cncnc1.c1cnoc1.c1cnoc1.c1cnsc1.c1cocn1.c1cscn1. The largest absolute Gasteiger partial charge is 0.473 e. The van der Waals surface area contributed by atoms with Crippen LogP contribution in [0.1, 0.15) is 12.8 Å². The van der Waals surface area contributed by atoms with Gasteiger partial charge < -0.3 is 17.9 Å². The third-order valence-corrected chi connectivity index (χ3v) is 9.01. The first-order valence-corrected chi connectivity index (χ1v) is 26.7. The molecule has 0 saturated carbocycles. The highest BCUT2D eigenvalue weighted by atomic mass is 32.1. The smallest absolute Gasteiger partial charge is 0.180 e. The molecule has 1 aliphatic carbocycles. The molecule has 15 rings (SSSR count). The van der Waals surface area contributed by atoms with Crippen LogP contribution in [0, 0.1) is 0 Å². The van der Waals surface area contributed by atoms with Crippen LogP contribution in [0.25, 0.3) is 0 Å². The molecule has 0 saturated heterocycles. The summed E-state index contributed by atoms with van der Waals surface area (Å²) in [5.74, 6) is 0. The van der Waals surface area contributed by atoms with E-state index in [0.717, 1.165) is 25.9 Å². The van der Waals surface area contributed by atoms with Crippen LogP contribution in [0.15, 0.2) is 340 Å². The predicted octanol–water partition coefficient (Wildman–Crippen LogP) is 15.2. The predicted molar refractivity (Wildman–Crippen MR) is 316 cm³/mol. The molecule has 4 aliphatic rings. The highest BCUT2D eigenvalue weighted by molar-refractivity contribution is 7.08. The van der Waals surface area contributed by atoms with Crippen LogP contribution in [-0.4, -0.2) is 75.3 Å². The maximum atomic E-state index is 4.58. The normalized spacial score (nSPS) is 10.5. The van der Waals surface area contributed by atoms with Crippen LogP contribution >= 0.6 is 45.5 Å². The molecule has 0 bridgehead atoms. The molecule has 11 aromatic rings. The van der Waals surface area contributed by atoms with Gasteiger partial charge in [0.2, 0.25) is 0 Å². The number of nitrogens with zero attached hydrogens (tertiary/aromatic N) is 14. The highest BCUT2D eigenvalue weighted by Gasteiger charge is 1.75. The number of azo groups is 1. The van der Waals surface area contributed by atoms with E-state index in [9.17, 15) is 0 Å². The zero-order chi connectivity index (χ0) is 55.2. The van der Waals surface area contributed by atoms with E-state index in [2.05, 4.69) is 112 Å². The molecule has 0 spiro atoms. The van der Waals surface area contributed by atoms with E-state index < -0.39 is 0 Å². The van der Waals surface area contributed by atoms with Gasteiger partial charge in [-0.05, 0) is 112 Å². The first-order valence-electron chi connectivity index (χ1n) is 23.0. The summed E-state index contributed by atoms with van der Waals surface area (Å²) in [6.45, 7) is 1.67. The Morgan fingerprint density at radius 1 is 0.397 bits per heavy atom. The van der Waals surface area contributed by atoms with Gasteiger partial charge in [0.05, 0.1) is 49.7 Å². The standard InChI is InChI=1S/C5H5N.C5H6.2C4H4N2.2C4H5N.C4H4O.2C4H4S.C3H4N2.3C3H3NO.2C3H3NS/c1-2-4-6-5-3-1;1-2-4-5-3-1;1-2-5-4-6-3-1;1-2-4-6-5-3-1;6*1-2-4-5-3-1;1-2-5-3-4-1;2*1-2-4-5-3-1;1-2-5-3-4-1;1-2-4-5-3-1/h1-5H;1-4H,5H2;2*1-4H;1,3-4H,2H2;1-3H,4H2;3*1-4H;1-2H,3H2;5*1-3H. The molecule has 402 valence electrons. The second-order valence-electron chi connectivity index (χ2n) is 12.4. The summed E-state index contributed by atoms with van der Waals surface area (Å²) in [7, 11) is 0. The summed E-state index contributed by atoms with van der Waals surface area (Å²) < 4.78 is 21.5. The number of oxazole rings is 1. The molecule has 0 atom stereocenters. The Kier molecular flexibility index (Phi) is 54.3. The first-order chi connectivity index (χ1) is 39.0. The van der Waals surface area contributed by atoms with Gasteiger partial charge in [0, 0.05) is 91.6 Å². The quantitative estimate of drug-likeness (QED) is 0.137. The van der Waals surface area contributed by atoms with Crippen molar-refractivity contribution in [3.05, 3.63) is 302 Å². The molecule has 14 heterocycles. The Bertz CT molecular complexity index is 2050. The lowest BCUT2D eigenvalue weighted by molar-refractivity contribution is 0.419. The summed E-state index contributed by atoms with van der Waals surface area (Å²) in [6, 6.07) is 28.2. The maximum absolute atomic E-state index is 4.58. The van der Waals surface area contributed by atoms with Gasteiger partial charge in [-0.25, -0.2) is 19.3 Å². The van der Waals surface area contributed by atoms with Crippen molar-refractivity contribution in [2.75, 3.05) is 13.1 Å². The van der Waals surface area contributed by atoms with Gasteiger partial charge in [0.15, 0.2) is 6.39 Å². The van der Waals surface area contributed by atoms with E-state index in [1.807, 2.05) is 136 Å². The molecule has 3 aliphatic heterocycles. The molecule has 18 nitrogen and oxygen atoms in total. The van der Waals surface area contributed by atoms with Crippen molar-refractivity contribution in [3.63, 3.8) is 0 Å². The second kappa shape index (κ2) is 63.6. The van der Waals surface area contributed by atoms with Crippen LogP contribution in [0.3, 0.4) is 0 Å². The number of thiazole rings is 1. The summed E-state index contributed by atoms with van der Waals surface area (Å²) in [5.41, 5.74) is 1.79. The van der Waals surface area contributed by atoms with Gasteiger partial charge in [-0.1, -0.05) is 77.1 Å². The summed E-state index contributed by atoms with van der Waals surface area (Å²) in [6.07, 6.45) is 54.7. The Labute approximate surface area is 471 Å². The number of furan rings is 1. The van der Waals surface area contributed by atoms with Crippen molar-refractivity contribution >= 4 is 58.0 Å². The molecule has 0 aromatic carbocycles. The van der Waals surface area contributed by atoms with Crippen molar-refractivity contribution < 1.29 is 17.9 Å². The van der Waals surface area contributed by atoms with Crippen molar-refractivity contribution in [2.24, 2.45) is 20.2 Å². The van der Waals surface area contributed by atoms with E-state index >= 15 is 0 Å². The highest BCUT2D eigenvalue weighted by Crippen LogP contribution is 1.94. The van der Waals surface area contributed by atoms with Gasteiger partial charge in [-0.15, -0.1) is 11.3 Å². The molecule has 11 aromatic heterocycles. The molecular formula is C56H60N14O4S4. The lowest BCUT2D eigenvalue weighted by Gasteiger charge is -1.70. The Balaban J connectivity index is 0.000000418. The molecule has 0 fully saturated rings. The summed E-state index contributed by atoms with van der Waals surface area (Å²) >= 11 is 6.49. The Morgan fingerprint density at radius 3 is 1.24 bits per heavy atom. The monoisotopic (exact) mass is 1120 g/mol. The number of hydrogen-bond donors (Lipinski definition) is 0. The number of aliphatic imine (C=N–C) groups is 2. The fraction of sp³-hybridized carbons (Fsp3) is 0.0714. The number of allylic oxidation sites excluding steroid dienone is 6. The summed E-state index contributed by atoms with van der Waals surface area (Å²) in [5, 5.41) is 32.9. The van der Waals surface area contributed by atoms with Crippen molar-refractivity contribution in [1.82, 2.24) is 49.8 Å².